The first-order valence-corrected chi connectivity index (χ1v) is 8.80. The van der Waals surface area contributed by atoms with Crippen molar-refractivity contribution in [3.05, 3.63) is 34.8 Å². The molecule has 3 rings (SSSR count). The fourth-order valence-corrected chi connectivity index (χ4v) is 2.89. The van der Waals surface area contributed by atoms with Crippen LogP contribution in [0.2, 0.25) is 0 Å². The third-order valence-electron chi connectivity index (χ3n) is 5.19. The van der Waals surface area contributed by atoms with E-state index in [1.54, 1.807) is 18.2 Å². The third-order valence-corrected chi connectivity index (χ3v) is 5.19. The highest BCUT2D eigenvalue weighted by Crippen LogP contribution is 2.39. The van der Waals surface area contributed by atoms with Crippen LogP contribution in [0.1, 0.15) is 50.5 Å². The van der Waals surface area contributed by atoms with Gasteiger partial charge in [-0.3, -0.25) is 14.4 Å². The number of carbonyl (C=O) groups is 3. The molecule has 7 nitrogen and oxygen atoms in total. The molecule has 8 heteroatoms. The Morgan fingerprint density at radius 3 is 2.41 bits per heavy atom. The molecule has 0 unspecified atom stereocenters. The average molecular weight is 370 g/mol. The summed E-state index contributed by atoms with van der Waals surface area (Å²) in [4.78, 5) is 34.9. The maximum Gasteiger partial charge on any atom is 0.492 e. The minimum Gasteiger partial charge on any atom is -0.400 e. The number of anilines is 1. The van der Waals surface area contributed by atoms with Gasteiger partial charge >= 0.3 is 7.12 Å². The summed E-state index contributed by atoms with van der Waals surface area (Å²) < 4.78 is 12.2. The first-order valence-electron chi connectivity index (χ1n) is 8.80. The predicted octanol–water partition coefficient (Wildman–Crippen LogP) is 1.97. The second-order valence-electron chi connectivity index (χ2n) is 7.81. The van der Waals surface area contributed by atoms with Crippen molar-refractivity contribution < 1.29 is 23.7 Å². The van der Waals surface area contributed by atoms with Gasteiger partial charge in [-0.2, -0.15) is 0 Å². The highest BCUT2D eigenvalue weighted by atomic mass is 16.7. The van der Waals surface area contributed by atoms with Crippen LogP contribution < -0.4 is 10.6 Å². The van der Waals surface area contributed by atoms with E-state index in [0.29, 0.717) is 22.3 Å². The van der Waals surface area contributed by atoms with Gasteiger partial charge in [-0.05, 0) is 50.9 Å². The molecule has 2 amide bonds. The molecule has 1 fully saturated rings. The van der Waals surface area contributed by atoms with E-state index in [4.69, 9.17) is 9.31 Å². The zero-order valence-corrected chi connectivity index (χ0v) is 16.1. The number of nitrogens with one attached hydrogen (secondary N) is 2. The van der Waals surface area contributed by atoms with E-state index < -0.39 is 30.0 Å². The molecule has 2 N–H and O–H groups in total. The van der Waals surface area contributed by atoms with Crippen molar-refractivity contribution in [1.82, 2.24) is 5.32 Å². The van der Waals surface area contributed by atoms with Gasteiger partial charge < -0.3 is 19.9 Å². The molecule has 0 radical (unpaired) electrons. The van der Waals surface area contributed by atoms with Gasteiger partial charge in [0.05, 0.1) is 22.5 Å². The number of rotatable bonds is 4. The summed E-state index contributed by atoms with van der Waals surface area (Å²) in [5, 5.41) is 5.29. The quantitative estimate of drug-likeness (QED) is 0.624. The number of amides is 2. The van der Waals surface area contributed by atoms with Crippen molar-refractivity contribution >= 4 is 36.5 Å². The number of carbonyl (C=O) groups excluding carboxylic acids is 3. The lowest BCUT2D eigenvalue weighted by Gasteiger charge is -2.32. The molecule has 27 heavy (non-hydrogen) atoms. The Balaban J connectivity index is 1.94. The van der Waals surface area contributed by atoms with E-state index in [9.17, 15) is 14.4 Å². The van der Waals surface area contributed by atoms with E-state index in [0.717, 1.165) is 0 Å². The molecule has 0 bridgehead atoms. The molecule has 1 aromatic carbocycles. The molecule has 2 aliphatic heterocycles. The van der Waals surface area contributed by atoms with Gasteiger partial charge in [-0.1, -0.05) is 12.1 Å². The maximum atomic E-state index is 11.9. The molecular weight excluding hydrogens is 347 g/mol. The Hall–Kier alpha value is -2.45. The van der Waals surface area contributed by atoms with Gasteiger partial charge in [-0.15, -0.1) is 0 Å². The lowest BCUT2D eigenvalue weighted by atomic mass is 9.77. The molecule has 2 aliphatic rings. The van der Waals surface area contributed by atoms with Gasteiger partial charge in [0.15, 0.2) is 0 Å². The van der Waals surface area contributed by atoms with Crippen LogP contribution in [0.3, 0.4) is 0 Å². The molecule has 0 aromatic heterocycles. The second kappa shape index (κ2) is 6.62. The van der Waals surface area contributed by atoms with Crippen LogP contribution in [0.25, 0.3) is 6.08 Å². The van der Waals surface area contributed by atoms with Crippen LogP contribution in [-0.4, -0.2) is 42.5 Å². The Bertz CT molecular complexity index is 844. The van der Waals surface area contributed by atoms with Crippen molar-refractivity contribution in [1.29, 1.82) is 0 Å². The topological polar surface area (TPSA) is 93.7 Å². The predicted molar refractivity (Wildman–Crippen MR) is 102 cm³/mol. The zero-order chi connectivity index (χ0) is 20.0. The van der Waals surface area contributed by atoms with Crippen molar-refractivity contribution in [3.63, 3.8) is 0 Å². The lowest BCUT2D eigenvalue weighted by molar-refractivity contribution is -0.118. The van der Waals surface area contributed by atoms with Gasteiger partial charge in [0.2, 0.25) is 5.91 Å². The van der Waals surface area contributed by atoms with Gasteiger partial charge in [-0.25, -0.2) is 0 Å². The van der Waals surface area contributed by atoms with Crippen molar-refractivity contribution in [2.24, 2.45) is 0 Å². The molecule has 0 saturated carbocycles. The van der Waals surface area contributed by atoms with Gasteiger partial charge in [0.1, 0.15) is 0 Å². The SMILES string of the molecule is CC(=O)NCC(=Cc1ccc2c(c1)C(=O)C(=O)N2)B1OC(C)(C)C(C)(C)O1. The summed E-state index contributed by atoms with van der Waals surface area (Å²) in [6.45, 7) is 9.49. The van der Waals surface area contributed by atoms with Crippen molar-refractivity contribution in [2.75, 3.05) is 11.9 Å². The molecule has 1 aromatic rings. The van der Waals surface area contributed by atoms with E-state index in [2.05, 4.69) is 10.6 Å². The minimum absolute atomic E-state index is 0.170. The molecule has 0 atom stereocenters. The summed E-state index contributed by atoms with van der Waals surface area (Å²) in [6.07, 6.45) is 1.81. The third kappa shape index (κ3) is 3.68. The number of ketones is 1. The lowest BCUT2D eigenvalue weighted by Crippen LogP contribution is -2.41. The summed E-state index contributed by atoms with van der Waals surface area (Å²) in [6, 6.07) is 5.12. The molecule has 2 heterocycles. The Kier molecular flexibility index (Phi) is 4.73. The average Bonchev–Trinajstić information content (AvgIpc) is 2.96. The van der Waals surface area contributed by atoms with Crippen LogP contribution in [-0.2, 0) is 18.9 Å². The fourth-order valence-electron chi connectivity index (χ4n) is 2.89. The Labute approximate surface area is 158 Å². The molecule has 0 aliphatic carbocycles. The van der Waals surface area contributed by atoms with Crippen LogP contribution >= 0.6 is 0 Å². The zero-order valence-electron chi connectivity index (χ0n) is 16.1. The van der Waals surface area contributed by atoms with Crippen molar-refractivity contribution in [2.45, 2.75) is 45.8 Å². The number of benzene rings is 1. The van der Waals surface area contributed by atoms with Crippen LogP contribution in [0, 0.1) is 0 Å². The Morgan fingerprint density at radius 1 is 1.19 bits per heavy atom. The number of Topliss-reactive ketones (excluding diaryl/α,β-unsaturated/α-hetero) is 1. The Morgan fingerprint density at radius 2 is 1.81 bits per heavy atom. The van der Waals surface area contributed by atoms with Crippen LogP contribution in [0.5, 0.6) is 0 Å². The largest absolute Gasteiger partial charge is 0.492 e. The number of hydrogen-bond donors (Lipinski definition) is 2. The van der Waals surface area contributed by atoms with E-state index >= 15 is 0 Å². The summed E-state index contributed by atoms with van der Waals surface area (Å²) in [5.41, 5.74) is 1.24. The first kappa shape index (κ1) is 19.3. The van der Waals surface area contributed by atoms with E-state index in [-0.39, 0.29) is 12.5 Å². The smallest absolute Gasteiger partial charge is 0.400 e. The highest BCUT2D eigenvalue weighted by molar-refractivity contribution is 6.56. The number of hydrogen-bond acceptors (Lipinski definition) is 5. The molecular formula is C19H23BN2O5. The summed E-state index contributed by atoms with van der Waals surface area (Å²) in [5.74, 6) is -1.36. The highest BCUT2D eigenvalue weighted by Gasteiger charge is 2.52. The summed E-state index contributed by atoms with van der Waals surface area (Å²) >= 11 is 0. The second-order valence-corrected chi connectivity index (χ2v) is 7.81. The molecule has 0 spiro atoms. The van der Waals surface area contributed by atoms with Crippen LogP contribution in [0.4, 0.5) is 5.69 Å². The maximum absolute atomic E-state index is 11.9. The molecule has 142 valence electrons. The monoisotopic (exact) mass is 370 g/mol. The molecule has 1 saturated heterocycles. The first-order chi connectivity index (χ1) is 12.5. The normalized spacial score (nSPS) is 20.5. The van der Waals surface area contributed by atoms with Crippen molar-refractivity contribution in [3.8, 4) is 0 Å². The number of fused-ring (bicyclic) bond motifs is 1. The summed E-state index contributed by atoms with van der Waals surface area (Å²) in [7, 11) is -0.634. The van der Waals surface area contributed by atoms with E-state index in [1.807, 2.05) is 33.8 Å². The standard InChI is InChI=1S/C19H23BN2O5/c1-11(23)21-10-13(20-26-18(2,3)19(4,5)27-20)8-12-6-7-15-14(9-12)16(24)17(25)22-15/h6-9H,10H2,1-5H3,(H,21,23)(H,22,24,25). The minimum atomic E-state index is -0.634. The fraction of sp³-hybridized carbons (Fsp3) is 0.421. The van der Waals surface area contributed by atoms with E-state index in [1.165, 1.54) is 6.92 Å². The van der Waals surface area contributed by atoms with Gasteiger partial charge in [0.25, 0.3) is 11.7 Å². The van der Waals surface area contributed by atoms with Gasteiger partial charge in [0, 0.05) is 13.5 Å². The van der Waals surface area contributed by atoms with Crippen LogP contribution in [0.15, 0.2) is 23.7 Å².